The summed E-state index contributed by atoms with van der Waals surface area (Å²) in [6.07, 6.45) is 3.53. The summed E-state index contributed by atoms with van der Waals surface area (Å²) in [5.41, 5.74) is 0.413. The molecule has 15 heavy (non-hydrogen) atoms. The van der Waals surface area contributed by atoms with Crippen LogP contribution in [0.1, 0.15) is 29.6 Å². The monoisotopic (exact) mass is 208 g/mol. The summed E-state index contributed by atoms with van der Waals surface area (Å²) >= 11 is 0. The van der Waals surface area contributed by atoms with Crippen molar-refractivity contribution in [2.45, 2.75) is 19.3 Å². The molecule has 1 aliphatic rings. The van der Waals surface area contributed by atoms with Gasteiger partial charge in [0.05, 0.1) is 12.2 Å². The smallest absolute Gasteiger partial charge is 0.338 e. The molecular weight excluding hydrogens is 195 g/mol. The number of halogens is 1. The van der Waals surface area contributed by atoms with E-state index < -0.39 is 0 Å². The molecule has 0 aromatic heterocycles. The molecule has 0 heterocycles. The van der Waals surface area contributed by atoms with Crippen molar-refractivity contribution in [3.8, 4) is 0 Å². The topological polar surface area (TPSA) is 26.3 Å². The van der Waals surface area contributed by atoms with E-state index in [2.05, 4.69) is 0 Å². The van der Waals surface area contributed by atoms with Crippen molar-refractivity contribution < 1.29 is 13.9 Å². The average Bonchev–Trinajstić information content (AvgIpc) is 2.16. The zero-order valence-electron chi connectivity index (χ0n) is 8.41. The lowest BCUT2D eigenvalue weighted by Crippen LogP contribution is -2.20. The van der Waals surface area contributed by atoms with Crippen LogP contribution in [0.5, 0.6) is 0 Å². The van der Waals surface area contributed by atoms with Gasteiger partial charge in [0, 0.05) is 0 Å². The summed E-state index contributed by atoms with van der Waals surface area (Å²) in [4.78, 5) is 11.5. The van der Waals surface area contributed by atoms with Gasteiger partial charge >= 0.3 is 5.97 Å². The first-order valence-corrected chi connectivity index (χ1v) is 5.18. The summed E-state index contributed by atoms with van der Waals surface area (Å²) in [7, 11) is 0. The van der Waals surface area contributed by atoms with Crippen LogP contribution in [0.15, 0.2) is 24.3 Å². The molecule has 0 atom stereocenters. The first-order valence-electron chi connectivity index (χ1n) is 5.18. The molecule has 2 rings (SSSR count). The molecule has 1 aliphatic carbocycles. The van der Waals surface area contributed by atoms with Crippen molar-refractivity contribution in [2.75, 3.05) is 6.61 Å². The largest absolute Gasteiger partial charge is 0.462 e. The molecule has 0 unspecified atom stereocenters. The Balaban J connectivity index is 1.86. The number of hydrogen-bond donors (Lipinski definition) is 0. The Morgan fingerprint density at radius 3 is 2.53 bits per heavy atom. The van der Waals surface area contributed by atoms with Crippen LogP contribution in [0.2, 0.25) is 0 Å². The molecular formula is C12H13FO2. The third-order valence-corrected chi connectivity index (χ3v) is 2.75. The summed E-state index contributed by atoms with van der Waals surface area (Å²) in [5, 5.41) is 0. The van der Waals surface area contributed by atoms with Crippen molar-refractivity contribution in [3.63, 3.8) is 0 Å². The number of ether oxygens (including phenoxy) is 1. The third kappa shape index (κ3) is 2.55. The zero-order chi connectivity index (χ0) is 10.7. The molecule has 0 N–H and O–H groups in total. The molecule has 1 aromatic carbocycles. The van der Waals surface area contributed by atoms with Gasteiger partial charge in [-0.25, -0.2) is 9.18 Å². The Labute approximate surface area is 88.1 Å². The zero-order valence-corrected chi connectivity index (χ0v) is 8.41. The van der Waals surface area contributed by atoms with Crippen LogP contribution >= 0.6 is 0 Å². The van der Waals surface area contributed by atoms with Gasteiger partial charge in [-0.3, -0.25) is 0 Å². The maximum absolute atomic E-state index is 12.6. The quantitative estimate of drug-likeness (QED) is 0.714. The maximum Gasteiger partial charge on any atom is 0.338 e. The first kappa shape index (κ1) is 10.1. The number of benzene rings is 1. The van der Waals surface area contributed by atoms with E-state index in [0.717, 1.165) is 12.8 Å². The molecule has 1 fully saturated rings. The minimum absolute atomic E-state index is 0.342. The Morgan fingerprint density at radius 2 is 2.00 bits per heavy atom. The van der Waals surface area contributed by atoms with Crippen LogP contribution in [0.25, 0.3) is 0 Å². The summed E-state index contributed by atoms with van der Waals surface area (Å²) in [6, 6.07) is 5.41. The highest BCUT2D eigenvalue weighted by Crippen LogP contribution is 2.26. The highest BCUT2D eigenvalue weighted by molar-refractivity contribution is 5.89. The van der Waals surface area contributed by atoms with Crippen LogP contribution in [-0.4, -0.2) is 12.6 Å². The Bertz CT molecular complexity index is 341. The summed E-state index contributed by atoms with van der Waals surface area (Å²) in [5.74, 6) is -0.165. The molecule has 0 aliphatic heterocycles. The van der Waals surface area contributed by atoms with Crippen molar-refractivity contribution >= 4 is 5.97 Å². The lowest BCUT2D eigenvalue weighted by molar-refractivity contribution is 0.0371. The Hall–Kier alpha value is -1.38. The fraction of sp³-hybridized carbons (Fsp3) is 0.417. The predicted octanol–water partition coefficient (Wildman–Crippen LogP) is 2.78. The van der Waals surface area contributed by atoms with Gasteiger partial charge in [0.25, 0.3) is 0 Å². The second-order valence-corrected chi connectivity index (χ2v) is 3.90. The number of hydrogen-bond acceptors (Lipinski definition) is 2. The average molecular weight is 208 g/mol. The molecule has 0 amide bonds. The predicted molar refractivity (Wildman–Crippen MR) is 54.0 cm³/mol. The van der Waals surface area contributed by atoms with Gasteiger partial charge in [0.2, 0.25) is 0 Å². The first-order chi connectivity index (χ1) is 7.25. The van der Waals surface area contributed by atoms with Crippen molar-refractivity contribution in [1.29, 1.82) is 0 Å². The van der Waals surface area contributed by atoms with Gasteiger partial charge < -0.3 is 4.74 Å². The van der Waals surface area contributed by atoms with E-state index >= 15 is 0 Å². The van der Waals surface area contributed by atoms with Gasteiger partial charge in [0.1, 0.15) is 5.82 Å². The number of carbonyl (C=O) groups excluding carboxylic acids is 1. The van der Waals surface area contributed by atoms with E-state index in [9.17, 15) is 9.18 Å². The number of carbonyl (C=O) groups is 1. The van der Waals surface area contributed by atoms with Crippen LogP contribution in [0.4, 0.5) is 4.39 Å². The molecule has 2 nitrogen and oxygen atoms in total. The molecule has 0 bridgehead atoms. The number of rotatable bonds is 3. The molecule has 3 heteroatoms. The van der Waals surface area contributed by atoms with Crippen molar-refractivity contribution in [3.05, 3.63) is 35.6 Å². The second-order valence-electron chi connectivity index (χ2n) is 3.90. The van der Waals surface area contributed by atoms with E-state index in [1.807, 2.05) is 0 Å². The Kier molecular flexibility index (Phi) is 2.99. The molecule has 0 saturated heterocycles. The SMILES string of the molecule is O=C(OCC1CCC1)c1ccc(F)cc1. The fourth-order valence-corrected chi connectivity index (χ4v) is 1.52. The van der Waals surface area contributed by atoms with Crippen molar-refractivity contribution in [2.24, 2.45) is 5.92 Å². The molecule has 0 spiro atoms. The molecule has 1 saturated carbocycles. The van der Waals surface area contributed by atoms with E-state index in [-0.39, 0.29) is 11.8 Å². The van der Waals surface area contributed by atoms with Crippen LogP contribution in [0.3, 0.4) is 0 Å². The maximum atomic E-state index is 12.6. The lowest BCUT2D eigenvalue weighted by Gasteiger charge is -2.24. The van der Waals surface area contributed by atoms with E-state index in [1.165, 1.54) is 30.7 Å². The van der Waals surface area contributed by atoms with Gasteiger partial charge in [-0.1, -0.05) is 6.42 Å². The minimum Gasteiger partial charge on any atom is -0.462 e. The van der Waals surface area contributed by atoms with E-state index in [0.29, 0.717) is 18.1 Å². The lowest BCUT2D eigenvalue weighted by atomic mass is 9.86. The van der Waals surface area contributed by atoms with Gasteiger partial charge in [-0.2, -0.15) is 0 Å². The second kappa shape index (κ2) is 4.43. The third-order valence-electron chi connectivity index (χ3n) is 2.75. The summed E-state index contributed by atoms with van der Waals surface area (Å²) in [6.45, 7) is 0.496. The van der Waals surface area contributed by atoms with Gasteiger partial charge in [0.15, 0.2) is 0 Å². The van der Waals surface area contributed by atoms with E-state index in [1.54, 1.807) is 0 Å². The highest BCUT2D eigenvalue weighted by atomic mass is 19.1. The Morgan fingerprint density at radius 1 is 1.33 bits per heavy atom. The fourth-order valence-electron chi connectivity index (χ4n) is 1.52. The van der Waals surface area contributed by atoms with E-state index in [4.69, 9.17) is 4.74 Å². The molecule has 80 valence electrons. The van der Waals surface area contributed by atoms with Crippen LogP contribution in [-0.2, 0) is 4.74 Å². The van der Waals surface area contributed by atoms with Gasteiger partial charge in [-0.05, 0) is 43.0 Å². The minimum atomic E-state index is -0.359. The molecule has 0 radical (unpaired) electrons. The normalized spacial score (nSPS) is 15.8. The van der Waals surface area contributed by atoms with Gasteiger partial charge in [-0.15, -0.1) is 0 Å². The standard InChI is InChI=1S/C12H13FO2/c13-11-6-4-10(5-7-11)12(14)15-8-9-2-1-3-9/h4-7,9H,1-3,8H2. The number of esters is 1. The molecule has 1 aromatic rings. The van der Waals surface area contributed by atoms with Crippen molar-refractivity contribution in [1.82, 2.24) is 0 Å². The summed E-state index contributed by atoms with van der Waals surface area (Å²) < 4.78 is 17.7. The van der Waals surface area contributed by atoms with Crippen LogP contribution in [0, 0.1) is 11.7 Å². The van der Waals surface area contributed by atoms with Crippen LogP contribution < -0.4 is 0 Å². The highest BCUT2D eigenvalue weighted by Gasteiger charge is 2.19.